The second-order valence-electron chi connectivity index (χ2n) is 6.02. The van der Waals surface area contributed by atoms with Gasteiger partial charge in [-0.25, -0.2) is 0 Å². The lowest BCUT2D eigenvalue weighted by Crippen LogP contribution is -2.51. The lowest BCUT2D eigenvalue weighted by atomic mass is 9.77. The number of hydrogen-bond donors (Lipinski definition) is 2. The Bertz CT molecular complexity index is 394. The van der Waals surface area contributed by atoms with Crippen molar-refractivity contribution in [1.29, 1.82) is 0 Å². The van der Waals surface area contributed by atoms with E-state index in [9.17, 15) is 5.11 Å². The van der Waals surface area contributed by atoms with Crippen molar-refractivity contribution in [1.82, 2.24) is 5.32 Å². The topological polar surface area (TPSA) is 41.5 Å². The smallest absolute Gasteiger partial charge is 0.118 e. The van der Waals surface area contributed by atoms with Crippen molar-refractivity contribution >= 4 is 0 Å². The normalized spacial score (nSPS) is 24.2. The fraction of sp³-hybridized carbons (Fsp3) is 0.625. The van der Waals surface area contributed by atoms with Crippen LogP contribution in [0.1, 0.15) is 32.3 Å². The molecule has 1 aliphatic rings. The number of methoxy groups -OCH3 is 1. The van der Waals surface area contributed by atoms with Crippen molar-refractivity contribution in [2.45, 2.75) is 44.8 Å². The van der Waals surface area contributed by atoms with Gasteiger partial charge >= 0.3 is 0 Å². The molecule has 0 spiro atoms. The highest BCUT2D eigenvalue weighted by atomic mass is 16.5. The van der Waals surface area contributed by atoms with Crippen LogP contribution in [0, 0.1) is 5.92 Å². The predicted octanol–water partition coefficient (Wildman–Crippen LogP) is 2.38. The summed E-state index contributed by atoms with van der Waals surface area (Å²) in [5, 5.41) is 13.9. The maximum absolute atomic E-state index is 10.3. The second kappa shape index (κ2) is 5.93. The van der Waals surface area contributed by atoms with Gasteiger partial charge in [-0.15, -0.1) is 0 Å². The van der Waals surface area contributed by atoms with Crippen LogP contribution in [0.25, 0.3) is 0 Å². The Morgan fingerprint density at radius 3 is 2.58 bits per heavy atom. The van der Waals surface area contributed by atoms with E-state index in [-0.39, 0.29) is 0 Å². The van der Waals surface area contributed by atoms with E-state index in [1.54, 1.807) is 7.11 Å². The Labute approximate surface area is 116 Å². The standard InChI is InChI=1S/C16H25NO2/c1-16(2,18)14-5-4-10-17-15(14)11-12-6-8-13(19-3)9-7-12/h6-9,14-15,17-18H,4-5,10-11H2,1-3H3. The molecule has 2 rings (SSSR count). The van der Waals surface area contributed by atoms with Gasteiger partial charge in [-0.05, 0) is 57.4 Å². The molecule has 1 saturated heterocycles. The molecule has 0 aliphatic carbocycles. The zero-order valence-electron chi connectivity index (χ0n) is 12.1. The third kappa shape index (κ3) is 3.71. The van der Waals surface area contributed by atoms with E-state index in [0.29, 0.717) is 12.0 Å². The first-order valence-corrected chi connectivity index (χ1v) is 7.09. The lowest BCUT2D eigenvalue weighted by molar-refractivity contribution is -0.0131. The Balaban J connectivity index is 2.06. The molecule has 0 saturated carbocycles. The zero-order chi connectivity index (χ0) is 13.9. The molecule has 0 bridgehead atoms. The summed E-state index contributed by atoms with van der Waals surface area (Å²) in [6.07, 6.45) is 3.20. The Kier molecular flexibility index (Phi) is 4.48. The first kappa shape index (κ1) is 14.4. The first-order chi connectivity index (χ1) is 9.00. The van der Waals surface area contributed by atoms with Crippen LogP contribution in [0.15, 0.2) is 24.3 Å². The van der Waals surface area contributed by atoms with Crippen LogP contribution in [0.4, 0.5) is 0 Å². The van der Waals surface area contributed by atoms with Crippen LogP contribution in [-0.4, -0.2) is 30.4 Å². The molecule has 0 aromatic heterocycles. The minimum atomic E-state index is -0.620. The average Bonchev–Trinajstić information content (AvgIpc) is 2.39. The molecule has 1 aromatic rings. The minimum absolute atomic E-state index is 0.309. The largest absolute Gasteiger partial charge is 0.497 e. The molecular weight excluding hydrogens is 238 g/mol. The van der Waals surface area contributed by atoms with Gasteiger partial charge in [0.2, 0.25) is 0 Å². The summed E-state index contributed by atoms with van der Waals surface area (Å²) in [7, 11) is 1.68. The molecule has 1 aliphatic heterocycles. The summed E-state index contributed by atoms with van der Waals surface area (Å²) in [6, 6.07) is 8.56. The quantitative estimate of drug-likeness (QED) is 0.876. The van der Waals surface area contributed by atoms with E-state index < -0.39 is 5.60 Å². The number of hydrogen-bond acceptors (Lipinski definition) is 3. The van der Waals surface area contributed by atoms with Gasteiger partial charge < -0.3 is 15.2 Å². The van der Waals surface area contributed by atoms with Crippen molar-refractivity contribution in [2.75, 3.05) is 13.7 Å². The molecule has 106 valence electrons. The first-order valence-electron chi connectivity index (χ1n) is 7.09. The van der Waals surface area contributed by atoms with Crippen molar-refractivity contribution in [3.05, 3.63) is 29.8 Å². The number of ether oxygens (including phenoxy) is 1. The number of nitrogens with one attached hydrogen (secondary N) is 1. The van der Waals surface area contributed by atoms with E-state index >= 15 is 0 Å². The zero-order valence-corrected chi connectivity index (χ0v) is 12.1. The van der Waals surface area contributed by atoms with E-state index in [1.165, 1.54) is 5.56 Å². The van der Waals surface area contributed by atoms with Crippen LogP contribution in [0.5, 0.6) is 5.75 Å². The van der Waals surface area contributed by atoms with Crippen LogP contribution in [0.2, 0.25) is 0 Å². The van der Waals surface area contributed by atoms with Gasteiger partial charge in [0, 0.05) is 12.0 Å². The highest BCUT2D eigenvalue weighted by Crippen LogP contribution is 2.29. The van der Waals surface area contributed by atoms with E-state index in [4.69, 9.17) is 4.74 Å². The molecule has 2 atom stereocenters. The fourth-order valence-corrected chi connectivity index (χ4v) is 3.03. The van der Waals surface area contributed by atoms with E-state index in [2.05, 4.69) is 17.4 Å². The monoisotopic (exact) mass is 263 g/mol. The molecule has 1 fully saturated rings. The summed E-state index contributed by atoms with van der Waals surface area (Å²) in [4.78, 5) is 0. The molecule has 3 heteroatoms. The molecule has 0 amide bonds. The fourth-order valence-electron chi connectivity index (χ4n) is 3.03. The molecule has 3 nitrogen and oxygen atoms in total. The van der Waals surface area contributed by atoms with Gasteiger partial charge in [0.15, 0.2) is 0 Å². The van der Waals surface area contributed by atoms with Gasteiger partial charge in [0.1, 0.15) is 5.75 Å². The van der Waals surface area contributed by atoms with Gasteiger partial charge in [-0.1, -0.05) is 12.1 Å². The van der Waals surface area contributed by atoms with Gasteiger partial charge in [-0.2, -0.15) is 0 Å². The van der Waals surface area contributed by atoms with E-state index in [0.717, 1.165) is 31.6 Å². The third-order valence-electron chi connectivity index (χ3n) is 4.11. The molecule has 2 unspecified atom stereocenters. The molecule has 1 aromatic carbocycles. The molecular formula is C16H25NO2. The van der Waals surface area contributed by atoms with Gasteiger partial charge in [-0.3, -0.25) is 0 Å². The second-order valence-corrected chi connectivity index (χ2v) is 6.02. The summed E-state index contributed by atoms with van der Waals surface area (Å²) < 4.78 is 5.18. The SMILES string of the molecule is COc1ccc(CC2NCCCC2C(C)(C)O)cc1. The Morgan fingerprint density at radius 2 is 2.00 bits per heavy atom. The molecule has 19 heavy (non-hydrogen) atoms. The summed E-state index contributed by atoms with van der Waals surface area (Å²) >= 11 is 0. The highest BCUT2D eigenvalue weighted by molar-refractivity contribution is 5.27. The van der Waals surface area contributed by atoms with Crippen LogP contribution in [0.3, 0.4) is 0 Å². The van der Waals surface area contributed by atoms with Crippen molar-refractivity contribution in [2.24, 2.45) is 5.92 Å². The maximum Gasteiger partial charge on any atom is 0.118 e. The molecule has 1 heterocycles. The van der Waals surface area contributed by atoms with Crippen LogP contribution >= 0.6 is 0 Å². The average molecular weight is 263 g/mol. The number of aliphatic hydroxyl groups is 1. The van der Waals surface area contributed by atoms with Gasteiger partial charge in [0.25, 0.3) is 0 Å². The minimum Gasteiger partial charge on any atom is -0.497 e. The van der Waals surface area contributed by atoms with E-state index in [1.807, 2.05) is 26.0 Å². The number of benzene rings is 1. The summed E-state index contributed by atoms with van der Waals surface area (Å²) in [5.74, 6) is 1.20. The predicted molar refractivity (Wildman–Crippen MR) is 77.5 cm³/mol. The van der Waals surface area contributed by atoms with Crippen molar-refractivity contribution in [3.63, 3.8) is 0 Å². The Morgan fingerprint density at radius 1 is 1.32 bits per heavy atom. The summed E-state index contributed by atoms with van der Waals surface area (Å²) in [6.45, 7) is 4.89. The number of rotatable bonds is 4. The Hall–Kier alpha value is -1.06. The van der Waals surface area contributed by atoms with Gasteiger partial charge in [0.05, 0.1) is 12.7 Å². The number of piperidine rings is 1. The third-order valence-corrected chi connectivity index (χ3v) is 4.11. The molecule has 0 radical (unpaired) electrons. The van der Waals surface area contributed by atoms with Crippen LogP contribution < -0.4 is 10.1 Å². The summed E-state index contributed by atoms with van der Waals surface area (Å²) in [5.41, 5.74) is 0.666. The van der Waals surface area contributed by atoms with Crippen molar-refractivity contribution in [3.8, 4) is 5.75 Å². The highest BCUT2D eigenvalue weighted by Gasteiger charge is 2.35. The van der Waals surface area contributed by atoms with Crippen LogP contribution in [-0.2, 0) is 6.42 Å². The maximum atomic E-state index is 10.3. The molecule has 2 N–H and O–H groups in total. The lowest BCUT2D eigenvalue weighted by Gasteiger charge is -2.40. The van der Waals surface area contributed by atoms with Crippen molar-refractivity contribution < 1.29 is 9.84 Å².